The molecule has 3 aromatic heterocycles. The molecular weight excluding hydrogens is 234 g/mol. The lowest BCUT2D eigenvalue weighted by Crippen LogP contribution is -1.80. The van der Waals surface area contributed by atoms with E-state index in [4.69, 9.17) is 0 Å². The quantitative estimate of drug-likeness (QED) is 0.644. The van der Waals surface area contributed by atoms with Gasteiger partial charge in [0.25, 0.3) is 0 Å². The summed E-state index contributed by atoms with van der Waals surface area (Å²) >= 11 is 3.48. The molecule has 3 aromatic rings. The predicted molar refractivity (Wildman–Crippen MR) is 70.9 cm³/mol. The molecule has 3 heteroatoms. The summed E-state index contributed by atoms with van der Waals surface area (Å²) in [6.45, 7) is 0. The van der Waals surface area contributed by atoms with Crippen molar-refractivity contribution < 1.29 is 0 Å². The molecule has 0 saturated carbocycles. The van der Waals surface area contributed by atoms with E-state index in [0.29, 0.717) is 0 Å². The van der Waals surface area contributed by atoms with Crippen molar-refractivity contribution in [3.8, 4) is 21.0 Å². The van der Waals surface area contributed by atoms with Gasteiger partial charge in [0.15, 0.2) is 0 Å². The average molecular weight is 243 g/mol. The molecule has 0 fully saturated rings. The first-order chi connectivity index (χ1) is 7.93. The van der Waals surface area contributed by atoms with Gasteiger partial charge in [-0.2, -0.15) is 0 Å². The van der Waals surface area contributed by atoms with Crippen LogP contribution in [0.5, 0.6) is 0 Å². The van der Waals surface area contributed by atoms with Crippen molar-refractivity contribution in [1.29, 1.82) is 0 Å². The molecule has 0 saturated heterocycles. The average Bonchev–Trinajstić information content (AvgIpc) is 3.03. The lowest BCUT2D eigenvalue weighted by molar-refractivity contribution is 1.34. The molecule has 0 bridgehead atoms. The summed E-state index contributed by atoms with van der Waals surface area (Å²) in [7, 11) is 0. The van der Waals surface area contributed by atoms with E-state index < -0.39 is 0 Å². The molecule has 0 N–H and O–H groups in total. The van der Waals surface area contributed by atoms with Crippen LogP contribution >= 0.6 is 22.7 Å². The van der Waals surface area contributed by atoms with E-state index >= 15 is 0 Å². The normalized spacial score (nSPS) is 10.5. The van der Waals surface area contributed by atoms with Gasteiger partial charge in [-0.05, 0) is 40.6 Å². The molecule has 78 valence electrons. The fourth-order valence-corrected chi connectivity index (χ4v) is 3.00. The van der Waals surface area contributed by atoms with Crippen LogP contribution in [0.25, 0.3) is 21.0 Å². The van der Waals surface area contributed by atoms with Crippen molar-refractivity contribution in [1.82, 2.24) is 4.98 Å². The second-order valence-electron chi connectivity index (χ2n) is 3.38. The fraction of sp³-hybridized carbons (Fsp3) is 0. The molecule has 0 spiro atoms. The minimum atomic E-state index is 1.06. The second-order valence-corrected chi connectivity index (χ2v) is 5.28. The van der Waals surface area contributed by atoms with Gasteiger partial charge in [0.2, 0.25) is 0 Å². The minimum Gasteiger partial charge on any atom is -0.255 e. The second kappa shape index (κ2) is 4.20. The lowest BCUT2D eigenvalue weighted by Gasteiger charge is -2.00. The molecular formula is C13H9NS2. The van der Waals surface area contributed by atoms with Crippen LogP contribution < -0.4 is 0 Å². The topological polar surface area (TPSA) is 12.9 Å². The van der Waals surface area contributed by atoms with E-state index in [2.05, 4.69) is 52.1 Å². The zero-order chi connectivity index (χ0) is 10.8. The highest BCUT2D eigenvalue weighted by atomic mass is 32.1. The van der Waals surface area contributed by atoms with Crippen molar-refractivity contribution in [3.05, 3.63) is 53.4 Å². The van der Waals surface area contributed by atoms with Crippen LogP contribution in [0.1, 0.15) is 0 Å². The molecule has 1 nitrogen and oxygen atoms in total. The van der Waals surface area contributed by atoms with Crippen molar-refractivity contribution in [2.45, 2.75) is 0 Å². The Hall–Kier alpha value is -1.45. The maximum atomic E-state index is 4.41. The highest BCUT2D eigenvalue weighted by Crippen LogP contribution is 2.29. The molecule has 0 radical (unpaired) electrons. The molecule has 0 unspecified atom stereocenters. The van der Waals surface area contributed by atoms with Crippen LogP contribution in [0, 0.1) is 0 Å². The molecule has 0 aliphatic rings. The van der Waals surface area contributed by atoms with Crippen LogP contribution in [0.3, 0.4) is 0 Å². The van der Waals surface area contributed by atoms with Crippen molar-refractivity contribution >= 4 is 22.7 Å². The van der Waals surface area contributed by atoms with Crippen LogP contribution in [-0.2, 0) is 0 Å². The van der Waals surface area contributed by atoms with Gasteiger partial charge in [0.1, 0.15) is 0 Å². The third-order valence-corrected chi connectivity index (χ3v) is 4.15. The molecule has 16 heavy (non-hydrogen) atoms. The van der Waals surface area contributed by atoms with Crippen LogP contribution in [0.15, 0.2) is 53.4 Å². The van der Waals surface area contributed by atoms with Gasteiger partial charge in [-0.3, -0.25) is 4.98 Å². The SMILES string of the molecule is c1csc(-c2ccnc(-c3cccs3)c2)c1. The highest BCUT2D eigenvalue weighted by molar-refractivity contribution is 7.14. The first-order valence-corrected chi connectivity index (χ1v) is 6.73. The van der Waals surface area contributed by atoms with E-state index in [9.17, 15) is 0 Å². The van der Waals surface area contributed by atoms with Crippen molar-refractivity contribution in [3.63, 3.8) is 0 Å². The summed E-state index contributed by atoms with van der Waals surface area (Å²) in [6, 6.07) is 12.6. The Bertz CT molecular complexity index is 518. The highest BCUT2D eigenvalue weighted by Gasteiger charge is 2.03. The summed E-state index contributed by atoms with van der Waals surface area (Å²) < 4.78 is 0. The van der Waals surface area contributed by atoms with Crippen molar-refractivity contribution in [2.24, 2.45) is 0 Å². The third-order valence-electron chi connectivity index (χ3n) is 2.34. The minimum absolute atomic E-state index is 1.06. The Morgan fingerprint density at radius 2 is 1.62 bits per heavy atom. The molecule has 0 amide bonds. The number of thiophene rings is 2. The summed E-state index contributed by atoms with van der Waals surface area (Å²) in [6.07, 6.45) is 1.88. The third kappa shape index (κ3) is 1.79. The lowest BCUT2D eigenvalue weighted by atomic mass is 10.2. The monoisotopic (exact) mass is 243 g/mol. The maximum Gasteiger partial charge on any atom is 0.0808 e. The summed E-state index contributed by atoms with van der Waals surface area (Å²) in [4.78, 5) is 6.92. The predicted octanol–water partition coefficient (Wildman–Crippen LogP) is 4.54. The molecule has 0 atom stereocenters. The number of pyridine rings is 1. The first-order valence-electron chi connectivity index (χ1n) is 4.97. The van der Waals surface area contributed by atoms with E-state index in [-0.39, 0.29) is 0 Å². The van der Waals surface area contributed by atoms with E-state index in [1.807, 2.05) is 6.20 Å². The fourth-order valence-electron chi connectivity index (χ4n) is 1.59. The Morgan fingerprint density at radius 3 is 2.31 bits per heavy atom. The molecule has 0 aromatic carbocycles. The number of hydrogen-bond acceptors (Lipinski definition) is 3. The Kier molecular flexibility index (Phi) is 2.56. The number of aromatic nitrogens is 1. The van der Waals surface area contributed by atoms with E-state index in [1.54, 1.807) is 22.7 Å². The molecule has 3 rings (SSSR count). The van der Waals surface area contributed by atoms with Crippen LogP contribution in [0.4, 0.5) is 0 Å². The molecule has 3 heterocycles. The molecule has 0 aliphatic carbocycles. The molecule has 0 aliphatic heterocycles. The first kappa shape index (κ1) is 9.75. The van der Waals surface area contributed by atoms with E-state index in [1.165, 1.54) is 15.3 Å². The van der Waals surface area contributed by atoms with Gasteiger partial charge < -0.3 is 0 Å². The standard InChI is InChI=1S/C13H9NS2/c1-3-12(15-7-1)10-5-6-14-11(9-10)13-4-2-8-16-13/h1-9H. The Balaban J connectivity index is 2.07. The largest absolute Gasteiger partial charge is 0.255 e. The number of rotatable bonds is 2. The van der Waals surface area contributed by atoms with Crippen LogP contribution in [0.2, 0.25) is 0 Å². The Morgan fingerprint density at radius 1 is 0.875 bits per heavy atom. The smallest absolute Gasteiger partial charge is 0.0808 e. The van der Waals surface area contributed by atoms with Gasteiger partial charge in [0, 0.05) is 11.1 Å². The van der Waals surface area contributed by atoms with Crippen LogP contribution in [-0.4, -0.2) is 4.98 Å². The number of nitrogens with zero attached hydrogens (tertiary/aromatic N) is 1. The van der Waals surface area contributed by atoms with E-state index in [0.717, 1.165) is 5.69 Å². The summed E-state index contributed by atoms with van der Waals surface area (Å²) in [5.74, 6) is 0. The summed E-state index contributed by atoms with van der Waals surface area (Å²) in [5.41, 5.74) is 2.30. The Labute approximate surface area is 102 Å². The van der Waals surface area contributed by atoms with Gasteiger partial charge >= 0.3 is 0 Å². The van der Waals surface area contributed by atoms with Gasteiger partial charge in [0.05, 0.1) is 10.6 Å². The zero-order valence-corrected chi connectivity index (χ0v) is 10.1. The maximum absolute atomic E-state index is 4.41. The zero-order valence-electron chi connectivity index (χ0n) is 8.46. The van der Waals surface area contributed by atoms with Gasteiger partial charge in [-0.1, -0.05) is 12.1 Å². The van der Waals surface area contributed by atoms with Gasteiger partial charge in [-0.25, -0.2) is 0 Å². The summed E-state index contributed by atoms with van der Waals surface area (Å²) in [5, 5.41) is 4.18. The number of hydrogen-bond donors (Lipinski definition) is 0. The van der Waals surface area contributed by atoms with Crippen molar-refractivity contribution in [2.75, 3.05) is 0 Å². The van der Waals surface area contributed by atoms with Gasteiger partial charge in [-0.15, -0.1) is 22.7 Å².